The zero-order valence-electron chi connectivity index (χ0n) is 27.7. The van der Waals surface area contributed by atoms with Crippen molar-refractivity contribution >= 4 is 56.0 Å². The number of fused-ring (bicyclic) bond motifs is 2. The van der Waals surface area contributed by atoms with E-state index in [0.29, 0.717) is 38.9 Å². The van der Waals surface area contributed by atoms with E-state index in [9.17, 15) is 18.4 Å². The molecule has 2 N–H and O–H groups in total. The lowest BCUT2D eigenvalue weighted by Gasteiger charge is -2.09. The van der Waals surface area contributed by atoms with E-state index in [1.165, 1.54) is 65.7 Å². The second-order valence-electron chi connectivity index (χ2n) is 11.1. The van der Waals surface area contributed by atoms with Gasteiger partial charge in [0.05, 0.1) is 59.7 Å². The number of anilines is 2. The summed E-state index contributed by atoms with van der Waals surface area (Å²) in [6.45, 7) is 5.43. The minimum atomic E-state index is -0.523. The van der Waals surface area contributed by atoms with Gasteiger partial charge in [-0.1, -0.05) is 0 Å². The zero-order chi connectivity index (χ0) is 37.1. The normalized spacial score (nSPS) is 10.9. The van der Waals surface area contributed by atoms with Crippen LogP contribution < -0.4 is 20.1 Å². The fourth-order valence-electron chi connectivity index (χ4n) is 4.76. The highest BCUT2D eigenvalue weighted by Crippen LogP contribution is 2.27. The first-order valence-electron chi connectivity index (χ1n) is 15.3. The average molecular weight is 759 g/mol. The number of nitrogens with one attached hydrogen (secondary N) is 2. The Balaban J connectivity index is 0.000000204. The molecule has 0 unspecified atom stereocenters. The third kappa shape index (κ3) is 8.08. The van der Waals surface area contributed by atoms with Crippen LogP contribution in [0.5, 0.6) is 23.0 Å². The summed E-state index contributed by atoms with van der Waals surface area (Å²) in [5.74, 6) is -0.224. The summed E-state index contributed by atoms with van der Waals surface area (Å²) < 4.78 is 41.1. The molecule has 8 rings (SSSR count). The van der Waals surface area contributed by atoms with Crippen LogP contribution in [0.25, 0.3) is 11.3 Å². The summed E-state index contributed by atoms with van der Waals surface area (Å²) in [7, 11) is 0. The summed E-state index contributed by atoms with van der Waals surface area (Å²) in [5, 5.41) is 25.9. The van der Waals surface area contributed by atoms with Gasteiger partial charge in [-0.25, -0.2) is 18.7 Å². The van der Waals surface area contributed by atoms with Crippen molar-refractivity contribution in [3.63, 3.8) is 0 Å². The van der Waals surface area contributed by atoms with Crippen molar-refractivity contribution in [2.75, 3.05) is 10.6 Å². The Morgan fingerprint density at radius 2 is 1.25 bits per heavy atom. The van der Waals surface area contributed by atoms with Crippen molar-refractivity contribution in [2.24, 2.45) is 0 Å². The molecule has 2 amide bonds. The third-order valence-corrected chi connectivity index (χ3v) is 8.77. The van der Waals surface area contributed by atoms with Crippen molar-refractivity contribution in [1.29, 1.82) is 0 Å². The van der Waals surface area contributed by atoms with Gasteiger partial charge in [0, 0.05) is 25.7 Å². The highest BCUT2D eigenvalue weighted by molar-refractivity contribution is 7.14. The molecular weight excluding hydrogens is 731 g/mol. The Morgan fingerprint density at radius 3 is 1.77 bits per heavy atom. The molecule has 0 saturated heterocycles. The third-order valence-electron chi connectivity index (χ3n) is 7.02. The SMILES string of the molecule is Cc1csc(NC(=O)c2cc(Oc3cncc(F)c3)cn3c(C)nnc23)n1.Cc1csc(NC(=O)c2cc(Oc3cncc(F)c3)cn3cnnc23)n1.[HH].[HH]. The summed E-state index contributed by atoms with van der Waals surface area (Å²) >= 11 is 2.65. The van der Waals surface area contributed by atoms with Gasteiger partial charge in [-0.2, -0.15) is 0 Å². The predicted molar refractivity (Wildman–Crippen MR) is 193 cm³/mol. The van der Waals surface area contributed by atoms with Crippen LogP contribution in [-0.2, 0) is 0 Å². The molecule has 8 aromatic rings. The van der Waals surface area contributed by atoms with Crippen LogP contribution in [0.15, 0.2) is 78.5 Å². The highest BCUT2D eigenvalue weighted by Gasteiger charge is 2.19. The number of hydrogen-bond acceptors (Lipinski definition) is 14. The van der Waals surface area contributed by atoms with Gasteiger partial charge in [-0.15, -0.1) is 43.1 Å². The summed E-state index contributed by atoms with van der Waals surface area (Å²) in [4.78, 5) is 41.3. The molecule has 53 heavy (non-hydrogen) atoms. The quantitative estimate of drug-likeness (QED) is 0.163. The Hall–Kier alpha value is -6.80. The van der Waals surface area contributed by atoms with E-state index in [0.717, 1.165) is 23.8 Å². The molecule has 0 aromatic carbocycles. The van der Waals surface area contributed by atoms with E-state index in [1.54, 1.807) is 28.1 Å². The number of carbonyl (C=O) groups is 2. The van der Waals surface area contributed by atoms with Gasteiger partial charge in [0.2, 0.25) is 0 Å². The molecule has 0 aliphatic rings. The smallest absolute Gasteiger partial charge is 0.261 e. The molecule has 0 atom stereocenters. The number of pyridine rings is 4. The number of aryl methyl sites for hydroxylation is 3. The monoisotopic (exact) mass is 758 g/mol. The lowest BCUT2D eigenvalue weighted by Crippen LogP contribution is -2.14. The highest BCUT2D eigenvalue weighted by atomic mass is 32.1. The second kappa shape index (κ2) is 14.8. The Kier molecular flexibility index (Phi) is 9.68. The minimum Gasteiger partial charge on any atom is -0.454 e. The Bertz CT molecular complexity index is 2630. The van der Waals surface area contributed by atoms with Crippen LogP contribution in [0.4, 0.5) is 19.0 Å². The molecule has 0 aliphatic heterocycles. The first-order chi connectivity index (χ1) is 25.6. The number of ether oxygens (including phenoxy) is 2. The molecule has 8 heterocycles. The molecule has 20 heteroatoms. The van der Waals surface area contributed by atoms with Crippen molar-refractivity contribution in [1.82, 2.24) is 49.1 Å². The number of nitrogens with zero attached hydrogens (tertiary/aromatic N) is 10. The van der Waals surface area contributed by atoms with Crippen molar-refractivity contribution in [3.8, 4) is 23.0 Å². The van der Waals surface area contributed by atoms with E-state index >= 15 is 0 Å². The predicted octanol–water partition coefficient (Wildman–Crippen LogP) is 6.95. The molecule has 270 valence electrons. The van der Waals surface area contributed by atoms with Crippen LogP contribution in [-0.4, -0.2) is 60.9 Å². The lowest BCUT2D eigenvalue weighted by atomic mass is 10.2. The maximum Gasteiger partial charge on any atom is 0.261 e. The van der Waals surface area contributed by atoms with E-state index < -0.39 is 23.4 Å². The van der Waals surface area contributed by atoms with Gasteiger partial charge in [-0.05, 0) is 32.9 Å². The van der Waals surface area contributed by atoms with Crippen LogP contribution in [0.3, 0.4) is 0 Å². The molecule has 0 aliphatic carbocycles. The zero-order valence-corrected chi connectivity index (χ0v) is 29.3. The van der Waals surface area contributed by atoms with Gasteiger partial charge in [0.1, 0.15) is 46.8 Å². The van der Waals surface area contributed by atoms with Crippen molar-refractivity contribution < 1.29 is 30.7 Å². The number of thiazole rings is 2. The number of aromatic nitrogens is 10. The number of carbonyl (C=O) groups excluding carboxylic acids is 2. The van der Waals surface area contributed by atoms with Gasteiger partial charge in [0.15, 0.2) is 21.6 Å². The standard InChI is InChI=1S/C17H13FN6O2S.C16H11FN6O2S.2H2/c1-9-8-27-17(20-9)21-16(25)14-4-13(7-24-10(2)22-23-15(14)24)26-12-3-11(18)5-19-6-12;1-9-7-26-16(20-9)21-15(24)13-3-12(6-23-8-19-22-14(13)23)25-11-2-10(17)4-18-5-11;;/h3-8H,1-2H3,(H,20,21,25);2-8H,1H3,(H,20,21,24);2*1H. The summed E-state index contributed by atoms with van der Waals surface area (Å²) in [6, 6.07) is 5.42. The Morgan fingerprint density at radius 1 is 0.698 bits per heavy atom. The molecular formula is C33H28F2N12O4S2. The minimum absolute atomic E-state index is 0. The fraction of sp³-hybridized carbons (Fsp3) is 0.0909. The van der Waals surface area contributed by atoms with Gasteiger partial charge >= 0.3 is 0 Å². The first-order valence-corrected chi connectivity index (χ1v) is 17.1. The van der Waals surface area contributed by atoms with E-state index in [4.69, 9.17) is 9.47 Å². The Labute approximate surface area is 308 Å². The van der Waals surface area contributed by atoms with Crippen LogP contribution in [0, 0.1) is 32.4 Å². The first kappa shape index (κ1) is 34.6. The van der Waals surface area contributed by atoms with Crippen LogP contribution in [0.1, 0.15) is 40.8 Å². The molecule has 0 radical (unpaired) electrons. The number of hydrogen-bond donors (Lipinski definition) is 2. The lowest BCUT2D eigenvalue weighted by molar-refractivity contribution is 0.101. The van der Waals surface area contributed by atoms with Crippen LogP contribution in [0.2, 0.25) is 0 Å². The van der Waals surface area contributed by atoms with E-state index in [1.807, 2.05) is 24.6 Å². The van der Waals surface area contributed by atoms with Gasteiger partial charge in [-0.3, -0.25) is 39.0 Å². The molecule has 0 saturated carbocycles. The van der Waals surface area contributed by atoms with Crippen molar-refractivity contribution in [3.05, 3.63) is 119 Å². The summed E-state index contributed by atoms with van der Waals surface area (Å²) in [6.07, 6.45) is 9.56. The number of rotatable bonds is 8. The van der Waals surface area contributed by atoms with Gasteiger partial charge in [0.25, 0.3) is 11.8 Å². The molecule has 16 nitrogen and oxygen atoms in total. The summed E-state index contributed by atoms with van der Waals surface area (Å²) in [5.41, 5.74) is 2.87. The maximum absolute atomic E-state index is 13.4. The molecule has 0 fully saturated rings. The fourth-order valence-corrected chi connectivity index (χ4v) is 6.12. The van der Waals surface area contributed by atoms with Crippen LogP contribution >= 0.6 is 22.7 Å². The molecule has 0 spiro atoms. The van der Waals surface area contributed by atoms with E-state index in [2.05, 4.69) is 51.0 Å². The van der Waals surface area contributed by atoms with Crippen molar-refractivity contribution in [2.45, 2.75) is 20.8 Å². The average Bonchev–Trinajstić information content (AvgIpc) is 3.94. The topological polar surface area (TPSA) is 189 Å². The van der Waals surface area contributed by atoms with E-state index in [-0.39, 0.29) is 25.5 Å². The number of amides is 2. The largest absolute Gasteiger partial charge is 0.454 e. The number of halogens is 2. The second-order valence-corrected chi connectivity index (χ2v) is 12.8. The maximum atomic E-state index is 13.4. The molecule has 0 bridgehead atoms. The van der Waals surface area contributed by atoms with Gasteiger partial charge < -0.3 is 9.47 Å². The molecule has 8 aromatic heterocycles.